The minimum Gasteiger partial charge on any atom is -0.371 e. The van der Waals surface area contributed by atoms with Gasteiger partial charge in [0, 0.05) is 18.8 Å². The Labute approximate surface area is 129 Å². The molecule has 1 nitrogen and oxygen atoms in total. The Balaban J connectivity index is 2.07. The van der Waals surface area contributed by atoms with Crippen LogP contribution in [0.4, 0.5) is 5.69 Å². The van der Waals surface area contributed by atoms with Crippen LogP contribution in [0.2, 0.25) is 0 Å². The molecule has 114 valence electrons. The predicted octanol–water partition coefficient (Wildman–Crippen LogP) is 5.04. The highest BCUT2D eigenvalue weighted by Crippen LogP contribution is 2.55. The Kier molecular flexibility index (Phi) is 2.64. The molecule has 1 heteroatoms. The van der Waals surface area contributed by atoms with Crippen LogP contribution >= 0.6 is 0 Å². The molecule has 4 rings (SSSR count). The predicted molar refractivity (Wildman–Crippen MR) is 90.7 cm³/mol. The molecule has 0 fully saturated rings. The lowest BCUT2D eigenvalue weighted by molar-refractivity contribution is 0.360. The van der Waals surface area contributed by atoms with E-state index in [0.29, 0.717) is 10.8 Å². The first kappa shape index (κ1) is 13.7. The van der Waals surface area contributed by atoms with Crippen LogP contribution in [-0.4, -0.2) is 13.1 Å². The fourth-order valence-electron chi connectivity index (χ4n) is 5.26. The molecule has 21 heavy (non-hydrogen) atoms. The van der Waals surface area contributed by atoms with Crippen molar-refractivity contribution in [2.75, 3.05) is 18.0 Å². The number of benzene rings is 1. The van der Waals surface area contributed by atoms with Crippen molar-refractivity contribution in [2.45, 2.75) is 77.0 Å². The van der Waals surface area contributed by atoms with Crippen molar-refractivity contribution in [2.24, 2.45) is 0 Å². The molecule has 2 aliphatic heterocycles. The van der Waals surface area contributed by atoms with Gasteiger partial charge in [0.15, 0.2) is 0 Å². The third-order valence-electron chi connectivity index (χ3n) is 6.54. The zero-order chi connectivity index (χ0) is 15.0. The lowest BCUT2D eigenvalue weighted by Crippen LogP contribution is -2.44. The molecule has 0 N–H and O–H groups in total. The van der Waals surface area contributed by atoms with Gasteiger partial charge in [0.05, 0.1) is 0 Å². The van der Waals surface area contributed by atoms with Gasteiger partial charge in [0.1, 0.15) is 0 Å². The van der Waals surface area contributed by atoms with Gasteiger partial charge in [-0.25, -0.2) is 0 Å². The minimum atomic E-state index is 0.342. The summed E-state index contributed by atoms with van der Waals surface area (Å²) in [6.07, 6.45) is 5.42. The number of hydrogen-bond acceptors (Lipinski definition) is 1. The highest BCUT2D eigenvalue weighted by Gasteiger charge is 2.43. The third kappa shape index (κ3) is 1.76. The largest absolute Gasteiger partial charge is 0.371 e. The molecule has 1 atom stereocenters. The molecule has 0 amide bonds. The van der Waals surface area contributed by atoms with E-state index in [1.165, 1.54) is 44.3 Å². The Morgan fingerprint density at radius 3 is 2.52 bits per heavy atom. The van der Waals surface area contributed by atoms with Crippen LogP contribution in [0, 0.1) is 6.92 Å². The molecule has 1 aliphatic carbocycles. The average Bonchev–Trinajstić information content (AvgIpc) is 2.40. The molecule has 2 heterocycles. The zero-order valence-corrected chi connectivity index (χ0v) is 14.3. The van der Waals surface area contributed by atoms with Crippen molar-refractivity contribution in [1.29, 1.82) is 0 Å². The Morgan fingerprint density at radius 1 is 1.00 bits per heavy atom. The van der Waals surface area contributed by atoms with Gasteiger partial charge in [-0.3, -0.25) is 0 Å². The van der Waals surface area contributed by atoms with Crippen molar-refractivity contribution in [3.63, 3.8) is 0 Å². The monoisotopic (exact) mass is 283 g/mol. The van der Waals surface area contributed by atoms with E-state index in [2.05, 4.69) is 45.6 Å². The van der Waals surface area contributed by atoms with Crippen molar-refractivity contribution in [3.8, 4) is 0 Å². The van der Waals surface area contributed by atoms with Gasteiger partial charge in [-0.1, -0.05) is 33.8 Å². The number of rotatable bonds is 0. The Bertz CT molecular complexity index is 609. The van der Waals surface area contributed by atoms with Crippen molar-refractivity contribution in [1.82, 2.24) is 0 Å². The lowest BCUT2D eigenvalue weighted by Gasteiger charge is -2.50. The summed E-state index contributed by atoms with van der Waals surface area (Å²) in [5.41, 5.74) is 8.96. The second-order valence-corrected chi connectivity index (χ2v) is 8.91. The topological polar surface area (TPSA) is 3.24 Å². The van der Waals surface area contributed by atoms with Crippen LogP contribution in [0.1, 0.15) is 81.5 Å². The molecule has 1 unspecified atom stereocenters. The Hall–Kier alpha value is -0.980. The number of hydrogen-bond donors (Lipinski definition) is 0. The summed E-state index contributed by atoms with van der Waals surface area (Å²) in [6, 6.07) is 2.55. The average molecular weight is 283 g/mol. The van der Waals surface area contributed by atoms with Crippen LogP contribution in [0.15, 0.2) is 6.07 Å². The summed E-state index contributed by atoms with van der Waals surface area (Å²) < 4.78 is 0. The molecule has 0 radical (unpaired) electrons. The maximum Gasteiger partial charge on any atom is 0.0445 e. The van der Waals surface area contributed by atoms with Crippen molar-refractivity contribution < 1.29 is 0 Å². The second-order valence-electron chi connectivity index (χ2n) is 8.91. The first-order chi connectivity index (χ1) is 9.81. The lowest BCUT2D eigenvalue weighted by atomic mass is 9.62. The molecule has 0 spiro atoms. The molecule has 3 aliphatic rings. The van der Waals surface area contributed by atoms with E-state index < -0.39 is 0 Å². The maximum atomic E-state index is 2.71. The van der Waals surface area contributed by atoms with Gasteiger partial charge in [0.2, 0.25) is 0 Å². The van der Waals surface area contributed by atoms with Crippen LogP contribution in [0.3, 0.4) is 0 Å². The molecular formula is C20H29N. The highest BCUT2D eigenvalue weighted by molar-refractivity contribution is 5.72. The van der Waals surface area contributed by atoms with Gasteiger partial charge < -0.3 is 4.90 Å². The first-order valence-corrected chi connectivity index (χ1v) is 8.75. The number of nitrogens with zero attached hydrogens (tertiary/aromatic N) is 1. The summed E-state index contributed by atoms with van der Waals surface area (Å²) in [5, 5.41) is 0. The van der Waals surface area contributed by atoms with Crippen molar-refractivity contribution in [3.05, 3.63) is 28.3 Å². The molecule has 1 aromatic carbocycles. The standard InChI is InChI=1S/C20H29N/c1-13-12-15-16-14(6-8-19(15,2)3)7-10-21-11-9-20(4,5)17(13)18(16)21/h12,14H,6-11H2,1-5H3. The highest BCUT2D eigenvalue weighted by atomic mass is 15.2. The van der Waals surface area contributed by atoms with Gasteiger partial charge in [0.25, 0.3) is 0 Å². The zero-order valence-electron chi connectivity index (χ0n) is 14.3. The maximum absolute atomic E-state index is 2.71. The fraction of sp³-hybridized carbons (Fsp3) is 0.700. The normalized spacial score (nSPS) is 28.2. The number of aryl methyl sites for hydroxylation is 1. The summed E-state index contributed by atoms with van der Waals surface area (Å²) in [6.45, 7) is 14.7. The summed E-state index contributed by atoms with van der Waals surface area (Å²) >= 11 is 0. The van der Waals surface area contributed by atoms with Gasteiger partial charge >= 0.3 is 0 Å². The quantitative estimate of drug-likeness (QED) is 0.644. The molecule has 0 bridgehead atoms. The molecule has 0 saturated carbocycles. The van der Waals surface area contributed by atoms with E-state index >= 15 is 0 Å². The van der Waals surface area contributed by atoms with Crippen molar-refractivity contribution >= 4 is 5.69 Å². The van der Waals surface area contributed by atoms with E-state index in [-0.39, 0.29) is 0 Å². The van der Waals surface area contributed by atoms with Gasteiger partial charge in [-0.2, -0.15) is 0 Å². The van der Waals surface area contributed by atoms with Crippen LogP contribution < -0.4 is 4.90 Å². The fourth-order valence-corrected chi connectivity index (χ4v) is 5.26. The second kappa shape index (κ2) is 4.06. The SMILES string of the molecule is Cc1cc2c3c4c1C(C)(C)CCN4CCC3CCC2(C)C. The van der Waals surface area contributed by atoms with Crippen LogP contribution in [0.5, 0.6) is 0 Å². The third-order valence-corrected chi connectivity index (χ3v) is 6.54. The van der Waals surface area contributed by atoms with Gasteiger partial charge in [-0.15, -0.1) is 0 Å². The number of anilines is 1. The van der Waals surface area contributed by atoms with Gasteiger partial charge in [-0.05, 0) is 71.6 Å². The molecular weight excluding hydrogens is 254 g/mol. The van der Waals surface area contributed by atoms with Crippen LogP contribution in [-0.2, 0) is 10.8 Å². The van der Waals surface area contributed by atoms with E-state index in [9.17, 15) is 0 Å². The van der Waals surface area contributed by atoms with E-state index in [4.69, 9.17) is 0 Å². The first-order valence-electron chi connectivity index (χ1n) is 8.75. The minimum absolute atomic E-state index is 0.342. The summed E-state index contributed by atoms with van der Waals surface area (Å²) in [5.74, 6) is 0.826. The van der Waals surface area contributed by atoms with E-state index in [1.54, 1.807) is 22.4 Å². The van der Waals surface area contributed by atoms with E-state index in [0.717, 1.165) is 5.92 Å². The summed E-state index contributed by atoms with van der Waals surface area (Å²) in [7, 11) is 0. The Morgan fingerprint density at radius 2 is 1.76 bits per heavy atom. The molecule has 0 saturated heterocycles. The van der Waals surface area contributed by atoms with Crippen LogP contribution in [0.25, 0.3) is 0 Å². The molecule has 1 aromatic rings. The smallest absolute Gasteiger partial charge is 0.0445 e. The molecule has 0 aromatic heterocycles. The van der Waals surface area contributed by atoms with E-state index in [1.807, 2.05) is 0 Å². The summed E-state index contributed by atoms with van der Waals surface area (Å²) in [4.78, 5) is 2.71.